The Morgan fingerprint density at radius 1 is 0.600 bits per heavy atom. The predicted octanol–water partition coefficient (Wildman–Crippen LogP) is 5.08. The predicted molar refractivity (Wildman–Crippen MR) is 101 cm³/mol. The number of hydrogen-bond donors (Lipinski definition) is 0. The molecule has 0 bridgehead atoms. The lowest BCUT2D eigenvalue weighted by Crippen LogP contribution is -2.22. The Kier molecular flexibility index (Phi) is 5.32. The largest absolute Gasteiger partial charge is 0.293 e. The molecule has 0 aliphatic heterocycles. The van der Waals surface area contributed by atoms with Crippen LogP contribution in [0.1, 0.15) is 26.3 Å². The summed E-state index contributed by atoms with van der Waals surface area (Å²) in [5.74, 6) is -1.23. The second-order valence-corrected chi connectivity index (χ2v) is 5.71. The van der Waals surface area contributed by atoms with Crippen molar-refractivity contribution < 1.29 is 9.59 Å². The molecule has 0 aliphatic carbocycles. The molecule has 0 unspecified atom stereocenters. The van der Waals surface area contributed by atoms with Gasteiger partial charge in [-0.15, -0.1) is 0 Å². The molecule has 3 rings (SSSR count). The Bertz CT molecular complexity index is 814. The minimum absolute atomic E-state index is 0.193. The van der Waals surface area contributed by atoms with Gasteiger partial charge in [0.2, 0.25) is 0 Å². The van der Waals surface area contributed by atoms with Crippen molar-refractivity contribution in [1.29, 1.82) is 0 Å². The third-order valence-corrected chi connectivity index (χ3v) is 3.96. The highest BCUT2D eigenvalue weighted by Crippen LogP contribution is 2.18. The van der Waals surface area contributed by atoms with Crippen molar-refractivity contribution >= 4 is 17.6 Å². The standard InChI is InChI=1S/C23H18O2/c24-22(19-12-6-2-7-13-19)21(17-16-18-10-4-1-5-11-18)23(25)20-14-8-3-9-15-20/h1-17,21H/b17-16+. The zero-order valence-electron chi connectivity index (χ0n) is 13.7. The fourth-order valence-electron chi connectivity index (χ4n) is 2.63. The van der Waals surface area contributed by atoms with Crippen molar-refractivity contribution in [3.63, 3.8) is 0 Å². The molecule has 0 saturated carbocycles. The number of rotatable bonds is 6. The fraction of sp³-hybridized carbons (Fsp3) is 0.0435. The Balaban J connectivity index is 1.95. The smallest absolute Gasteiger partial charge is 0.177 e. The van der Waals surface area contributed by atoms with Gasteiger partial charge in [0, 0.05) is 11.1 Å². The van der Waals surface area contributed by atoms with Crippen LogP contribution in [-0.4, -0.2) is 11.6 Å². The molecule has 0 radical (unpaired) electrons. The third-order valence-electron chi connectivity index (χ3n) is 3.96. The number of ketones is 2. The van der Waals surface area contributed by atoms with E-state index in [0.29, 0.717) is 11.1 Å². The number of carbonyl (C=O) groups excluding carboxylic acids is 2. The second kappa shape index (κ2) is 8.02. The van der Waals surface area contributed by atoms with Gasteiger partial charge in [-0.3, -0.25) is 9.59 Å². The van der Waals surface area contributed by atoms with Crippen LogP contribution in [0.4, 0.5) is 0 Å². The summed E-state index contributed by atoms with van der Waals surface area (Å²) in [5.41, 5.74) is 2.03. The summed E-state index contributed by atoms with van der Waals surface area (Å²) in [6.45, 7) is 0. The second-order valence-electron chi connectivity index (χ2n) is 5.71. The Hall–Kier alpha value is -3.26. The van der Waals surface area contributed by atoms with Crippen molar-refractivity contribution in [2.75, 3.05) is 0 Å². The maximum absolute atomic E-state index is 12.9. The van der Waals surface area contributed by atoms with Crippen molar-refractivity contribution in [3.05, 3.63) is 114 Å². The topological polar surface area (TPSA) is 34.1 Å². The maximum Gasteiger partial charge on any atom is 0.177 e. The van der Waals surface area contributed by atoms with Crippen LogP contribution in [0, 0.1) is 5.92 Å². The number of hydrogen-bond acceptors (Lipinski definition) is 2. The lowest BCUT2D eigenvalue weighted by atomic mass is 9.89. The Labute approximate surface area is 147 Å². The molecule has 0 atom stereocenters. The van der Waals surface area contributed by atoms with E-state index in [-0.39, 0.29) is 11.6 Å². The molecular formula is C23H18O2. The molecule has 0 aliphatic rings. The minimum Gasteiger partial charge on any atom is -0.293 e. The molecule has 0 fully saturated rings. The molecular weight excluding hydrogens is 308 g/mol. The summed E-state index contributed by atoms with van der Waals surface area (Å²) in [6.07, 6.45) is 3.52. The average molecular weight is 326 g/mol. The number of Topliss-reactive ketones (excluding diaryl/α,β-unsaturated/α-hetero) is 2. The van der Waals surface area contributed by atoms with E-state index >= 15 is 0 Å². The monoisotopic (exact) mass is 326 g/mol. The highest BCUT2D eigenvalue weighted by molar-refractivity contribution is 6.17. The lowest BCUT2D eigenvalue weighted by Gasteiger charge is -2.11. The zero-order valence-corrected chi connectivity index (χ0v) is 13.7. The third kappa shape index (κ3) is 4.18. The number of carbonyl (C=O) groups is 2. The van der Waals surface area contributed by atoms with Crippen LogP contribution in [0.25, 0.3) is 6.08 Å². The zero-order chi connectivity index (χ0) is 17.5. The van der Waals surface area contributed by atoms with Gasteiger partial charge in [-0.2, -0.15) is 0 Å². The van der Waals surface area contributed by atoms with E-state index in [2.05, 4.69) is 0 Å². The fourth-order valence-corrected chi connectivity index (χ4v) is 2.63. The maximum atomic E-state index is 12.9. The van der Waals surface area contributed by atoms with Gasteiger partial charge in [-0.05, 0) is 5.56 Å². The Morgan fingerprint density at radius 3 is 1.44 bits per heavy atom. The normalized spacial score (nSPS) is 10.9. The summed E-state index contributed by atoms with van der Waals surface area (Å²) in [4.78, 5) is 25.8. The molecule has 0 N–H and O–H groups in total. The van der Waals surface area contributed by atoms with Gasteiger partial charge in [0.1, 0.15) is 5.92 Å². The van der Waals surface area contributed by atoms with Gasteiger partial charge in [-0.25, -0.2) is 0 Å². The summed E-state index contributed by atoms with van der Waals surface area (Å²) >= 11 is 0. The van der Waals surface area contributed by atoms with Gasteiger partial charge < -0.3 is 0 Å². The molecule has 2 nitrogen and oxygen atoms in total. The van der Waals surface area contributed by atoms with E-state index < -0.39 is 5.92 Å². The first-order chi connectivity index (χ1) is 12.3. The average Bonchev–Trinajstić information content (AvgIpc) is 2.70. The summed E-state index contributed by atoms with van der Waals surface area (Å²) in [7, 11) is 0. The van der Waals surface area contributed by atoms with Crippen LogP contribution >= 0.6 is 0 Å². The van der Waals surface area contributed by atoms with Crippen molar-refractivity contribution in [2.45, 2.75) is 0 Å². The highest BCUT2D eigenvalue weighted by atomic mass is 16.1. The summed E-state index contributed by atoms with van der Waals surface area (Å²) < 4.78 is 0. The first kappa shape index (κ1) is 16.6. The van der Waals surface area contributed by atoms with Crippen LogP contribution in [0.5, 0.6) is 0 Å². The van der Waals surface area contributed by atoms with Gasteiger partial charge in [0.25, 0.3) is 0 Å². The molecule has 3 aromatic rings. The van der Waals surface area contributed by atoms with Crippen LogP contribution in [0.3, 0.4) is 0 Å². The van der Waals surface area contributed by atoms with Crippen LogP contribution in [0.15, 0.2) is 97.1 Å². The van der Waals surface area contributed by atoms with Gasteiger partial charge in [-0.1, -0.05) is 103 Å². The van der Waals surface area contributed by atoms with Crippen molar-refractivity contribution in [1.82, 2.24) is 0 Å². The van der Waals surface area contributed by atoms with E-state index in [1.807, 2.05) is 48.5 Å². The van der Waals surface area contributed by atoms with Gasteiger partial charge in [0.05, 0.1) is 0 Å². The first-order valence-electron chi connectivity index (χ1n) is 8.17. The highest BCUT2D eigenvalue weighted by Gasteiger charge is 2.25. The molecule has 0 aromatic heterocycles. The molecule has 3 aromatic carbocycles. The van der Waals surface area contributed by atoms with Crippen molar-refractivity contribution in [2.24, 2.45) is 5.92 Å². The van der Waals surface area contributed by atoms with E-state index in [1.165, 1.54) is 0 Å². The van der Waals surface area contributed by atoms with Crippen LogP contribution < -0.4 is 0 Å². The molecule has 122 valence electrons. The molecule has 0 heterocycles. The Morgan fingerprint density at radius 2 is 1.00 bits per heavy atom. The number of allylic oxidation sites excluding steroid dienone is 1. The number of benzene rings is 3. The van der Waals surface area contributed by atoms with Gasteiger partial charge in [0.15, 0.2) is 11.6 Å². The summed E-state index contributed by atoms with van der Waals surface area (Å²) in [5, 5.41) is 0. The molecule has 0 saturated heterocycles. The SMILES string of the molecule is O=C(c1ccccc1)C(/C=C/c1ccccc1)C(=O)c1ccccc1. The van der Waals surface area contributed by atoms with E-state index in [1.54, 1.807) is 54.6 Å². The van der Waals surface area contributed by atoms with Gasteiger partial charge >= 0.3 is 0 Å². The van der Waals surface area contributed by atoms with Crippen LogP contribution in [-0.2, 0) is 0 Å². The lowest BCUT2D eigenvalue weighted by molar-refractivity contribution is 0.0841. The van der Waals surface area contributed by atoms with E-state index in [4.69, 9.17) is 0 Å². The van der Waals surface area contributed by atoms with E-state index in [9.17, 15) is 9.59 Å². The molecule has 0 spiro atoms. The first-order valence-corrected chi connectivity index (χ1v) is 8.17. The molecule has 0 amide bonds. The molecule has 2 heteroatoms. The quantitative estimate of drug-likeness (QED) is 0.467. The van der Waals surface area contributed by atoms with E-state index in [0.717, 1.165) is 5.56 Å². The molecule has 25 heavy (non-hydrogen) atoms. The minimum atomic E-state index is -0.843. The van der Waals surface area contributed by atoms with Crippen molar-refractivity contribution in [3.8, 4) is 0 Å². The summed E-state index contributed by atoms with van der Waals surface area (Å²) in [6, 6.07) is 27.5. The van der Waals surface area contributed by atoms with Crippen LogP contribution in [0.2, 0.25) is 0 Å².